The summed E-state index contributed by atoms with van der Waals surface area (Å²) in [6, 6.07) is 19.5. The fraction of sp³-hybridized carbons (Fsp3) is 0.136. The molecule has 0 aliphatic rings. The molecule has 6 nitrogen and oxygen atoms in total. The number of aromatic nitrogens is 4. The van der Waals surface area contributed by atoms with Crippen LogP contribution in [0.25, 0.3) is 5.69 Å². The van der Waals surface area contributed by atoms with Crippen LogP contribution in [0.5, 0.6) is 0 Å². The number of benzene rings is 2. The number of nitrogens with one attached hydrogen (secondary N) is 1. The highest BCUT2D eigenvalue weighted by Gasteiger charge is 2.06. The zero-order valence-corrected chi connectivity index (χ0v) is 15.4. The maximum Gasteiger partial charge on any atom is 0.251 e. The molecule has 0 saturated carbocycles. The third kappa shape index (κ3) is 4.35. The summed E-state index contributed by atoms with van der Waals surface area (Å²) >= 11 is 0. The Balaban J connectivity index is 1.28. The molecule has 0 unspecified atom stereocenters. The van der Waals surface area contributed by atoms with Gasteiger partial charge in [-0.15, -0.1) is 0 Å². The van der Waals surface area contributed by atoms with Gasteiger partial charge in [0.25, 0.3) is 5.91 Å². The third-order valence-corrected chi connectivity index (χ3v) is 4.48. The van der Waals surface area contributed by atoms with Crippen LogP contribution in [0.15, 0.2) is 85.5 Å². The molecule has 4 rings (SSSR count). The van der Waals surface area contributed by atoms with Gasteiger partial charge in [-0.3, -0.25) is 9.48 Å². The molecule has 28 heavy (non-hydrogen) atoms. The van der Waals surface area contributed by atoms with E-state index < -0.39 is 0 Å². The van der Waals surface area contributed by atoms with Crippen LogP contribution in [0, 0.1) is 0 Å². The number of hydrogen-bond acceptors (Lipinski definition) is 3. The molecule has 6 heteroatoms. The monoisotopic (exact) mass is 371 g/mol. The lowest BCUT2D eigenvalue weighted by Crippen LogP contribution is -2.25. The van der Waals surface area contributed by atoms with Crippen molar-refractivity contribution in [1.29, 1.82) is 0 Å². The molecule has 2 heterocycles. The van der Waals surface area contributed by atoms with Gasteiger partial charge < -0.3 is 5.32 Å². The van der Waals surface area contributed by atoms with E-state index >= 15 is 0 Å². The van der Waals surface area contributed by atoms with Crippen LogP contribution in [-0.4, -0.2) is 32.0 Å². The van der Waals surface area contributed by atoms with Gasteiger partial charge in [-0.25, -0.2) is 4.68 Å². The predicted molar refractivity (Wildman–Crippen MR) is 107 cm³/mol. The first-order chi connectivity index (χ1) is 13.8. The number of rotatable bonds is 7. The summed E-state index contributed by atoms with van der Waals surface area (Å²) in [4.78, 5) is 12.3. The molecule has 2 aromatic carbocycles. The second-order valence-corrected chi connectivity index (χ2v) is 6.54. The first kappa shape index (κ1) is 17.7. The van der Waals surface area contributed by atoms with Gasteiger partial charge in [0.2, 0.25) is 0 Å². The highest BCUT2D eigenvalue weighted by molar-refractivity contribution is 5.94. The summed E-state index contributed by atoms with van der Waals surface area (Å²) < 4.78 is 3.69. The molecular weight excluding hydrogens is 350 g/mol. The Hall–Kier alpha value is -3.67. The number of carbonyl (C=O) groups is 1. The Morgan fingerprint density at radius 1 is 0.929 bits per heavy atom. The van der Waals surface area contributed by atoms with E-state index in [4.69, 9.17) is 0 Å². The van der Waals surface area contributed by atoms with Gasteiger partial charge in [-0.05, 0) is 47.9 Å². The van der Waals surface area contributed by atoms with Gasteiger partial charge in [-0.2, -0.15) is 10.2 Å². The molecule has 0 fully saturated rings. The minimum absolute atomic E-state index is 0.0684. The molecule has 4 aromatic rings. The van der Waals surface area contributed by atoms with Crippen molar-refractivity contribution in [3.63, 3.8) is 0 Å². The Kier molecular flexibility index (Phi) is 5.29. The van der Waals surface area contributed by atoms with Crippen LogP contribution in [0.1, 0.15) is 21.5 Å². The minimum Gasteiger partial charge on any atom is -0.352 e. The first-order valence-electron chi connectivity index (χ1n) is 9.21. The fourth-order valence-electron chi connectivity index (χ4n) is 2.98. The molecule has 0 spiro atoms. The Labute approximate surface area is 163 Å². The number of amides is 1. The Bertz CT molecular complexity index is 1020. The molecular formula is C22H21N5O. The van der Waals surface area contributed by atoms with E-state index in [9.17, 15) is 4.79 Å². The topological polar surface area (TPSA) is 64.7 Å². The van der Waals surface area contributed by atoms with E-state index in [-0.39, 0.29) is 5.91 Å². The number of hydrogen-bond donors (Lipinski definition) is 1. The molecule has 0 atom stereocenters. The normalized spacial score (nSPS) is 10.7. The summed E-state index contributed by atoms with van der Waals surface area (Å²) in [5, 5.41) is 11.5. The predicted octanol–water partition coefficient (Wildman–Crippen LogP) is 3.09. The van der Waals surface area contributed by atoms with Gasteiger partial charge in [-0.1, -0.05) is 30.3 Å². The summed E-state index contributed by atoms with van der Waals surface area (Å²) in [6.07, 6.45) is 8.23. The summed E-state index contributed by atoms with van der Waals surface area (Å²) in [5.74, 6) is -0.0684. The van der Waals surface area contributed by atoms with E-state index in [0.717, 1.165) is 23.2 Å². The summed E-state index contributed by atoms with van der Waals surface area (Å²) in [5.41, 5.74) is 3.87. The van der Waals surface area contributed by atoms with Crippen LogP contribution in [0.3, 0.4) is 0 Å². The van der Waals surface area contributed by atoms with Crippen molar-refractivity contribution in [2.45, 2.75) is 13.0 Å². The first-order valence-corrected chi connectivity index (χ1v) is 9.21. The second kappa shape index (κ2) is 8.35. The fourth-order valence-corrected chi connectivity index (χ4v) is 2.98. The van der Waals surface area contributed by atoms with Gasteiger partial charge in [0.05, 0.1) is 18.4 Å². The SMILES string of the molecule is O=C(NCCc1cnn(-c2ccccc2)c1)c1ccc(Cn2cccn2)cc1. The van der Waals surface area contributed by atoms with Crippen molar-refractivity contribution in [3.05, 3.63) is 102 Å². The van der Waals surface area contributed by atoms with Crippen LogP contribution in [0.2, 0.25) is 0 Å². The average molecular weight is 371 g/mol. The largest absolute Gasteiger partial charge is 0.352 e. The standard InChI is InChI=1S/C22H21N5O/c28-22(20-9-7-18(8-10-20)16-26-14-4-12-24-26)23-13-11-19-15-25-27(17-19)21-5-2-1-3-6-21/h1-10,12,14-15,17H,11,13,16H2,(H,23,28). The van der Waals surface area contributed by atoms with Crippen molar-refractivity contribution in [3.8, 4) is 5.69 Å². The van der Waals surface area contributed by atoms with Crippen molar-refractivity contribution in [1.82, 2.24) is 24.9 Å². The van der Waals surface area contributed by atoms with E-state index in [0.29, 0.717) is 18.7 Å². The van der Waals surface area contributed by atoms with Crippen molar-refractivity contribution >= 4 is 5.91 Å². The number of carbonyl (C=O) groups excluding carboxylic acids is 1. The number of nitrogens with zero attached hydrogens (tertiary/aromatic N) is 4. The molecule has 1 N–H and O–H groups in total. The third-order valence-electron chi connectivity index (χ3n) is 4.48. The maximum atomic E-state index is 12.3. The van der Waals surface area contributed by atoms with E-state index in [1.54, 1.807) is 6.20 Å². The second-order valence-electron chi connectivity index (χ2n) is 6.54. The molecule has 0 aliphatic carbocycles. The molecule has 2 aromatic heterocycles. The highest BCUT2D eigenvalue weighted by Crippen LogP contribution is 2.09. The minimum atomic E-state index is -0.0684. The molecule has 1 amide bonds. The van der Waals surface area contributed by atoms with Crippen molar-refractivity contribution < 1.29 is 4.79 Å². The van der Waals surface area contributed by atoms with Crippen LogP contribution < -0.4 is 5.32 Å². The summed E-state index contributed by atoms with van der Waals surface area (Å²) in [6.45, 7) is 1.26. The smallest absolute Gasteiger partial charge is 0.251 e. The zero-order chi connectivity index (χ0) is 19.2. The lowest BCUT2D eigenvalue weighted by atomic mass is 10.1. The summed E-state index contributed by atoms with van der Waals surface area (Å²) in [7, 11) is 0. The average Bonchev–Trinajstić information content (AvgIpc) is 3.41. The van der Waals surface area contributed by atoms with Crippen molar-refractivity contribution in [2.24, 2.45) is 0 Å². The molecule has 140 valence electrons. The van der Waals surface area contributed by atoms with Gasteiger partial charge >= 0.3 is 0 Å². The Morgan fingerprint density at radius 3 is 2.50 bits per heavy atom. The zero-order valence-electron chi connectivity index (χ0n) is 15.4. The lowest BCUT2D eigenvalue weighted by molar-refractivity contribution is 0.0954. The molecule has 0 radical (unpaired) electrons. The van der Waals surface area contributed by atoms with Crippen LogP contribution in [-0.2, 0) is 13.0 Å². The number of para-hydroxylation sites is 1. The van der Waals surface area contributed by atoms with E-state index in [1.165, 1.54) is 0 Å². The Morgan fingerprint density at radius 2 is 1.75 bits per heavy atom. The molecule has 0 bridgehead atoms. The highest BCUT2D eigenvalue weighted by atomic mass is 16.1. The van der Waals surface area contributed by atoms with Crippen LogP contribution >= 0.6 is 0 Å². The molecule has 0 saturated heterocycles. The quantitative estimate of drug-likeness (QED) is 0.543. The molecule has 0 aliphatic heterocycles. The van der Waals surface area contributed by atoms with E-state index in [2.05, 4.69) is 15.5 Å². The lowest BCUT2D eigenvalue weighted by Gasteiger charge is -2.06. The van der Waals surface area contributed by atoms with Gasteiger partial charge in [0.15, 0.2) is 0 Å². The maximum absolute atomic E-state index is 12.3. The van der Waals surface area contributed by atoms with Crippen LogP contribution in [0.4, 0.5) is 0 Å². The van der Waals surface area contributed by atoms with Gasteiger partial charge in [0, 0.05) is 30.7 Å². The van der Waals surface area contributed by atoms with Gasteiger partial charge in [0.1, 0.15) is 0 Å². The van der Waals surface area contributed by atoms with Crippen molar-refractivity contribution in [2.75, 3.05) is 6.54 Å². The van der Waals surface area contributed by atoms with E-state index in [1.807, 2.05) is 88.6 Å².